The summed E-state index contributed by atoms with van der Waals surface area (Å²) >= 11 is 3.42. The van der Waals surface area contributed by atoms with E-state index in [4.69, 9.17) is 5.73 Å². The Hall–Kier alpha value is -1.20. The summed E-state index contributed by atoms with van der Waals surface area (Å²) in [5.41, 5.74) is 6.72. The van der Waals surface area contributed by atoms with Gasteiger partial charge >= 0.3 is 0 Å². The van der Waals surface area contributed by atoms with E-state index in [1.165, 1.54) is 0 Å². The second-order valence-electron chi connectivity index (χ2n) is 4.11. The van der Waals surface area contributed by atoms with Crippen LogP contribution in [0.5, 0.6) is 0 Å². The molecule has 0 spiro atoms. The predicted molar refractivity (Wildman–Crippen MR) is 71.4 cm³/mol. The zero-order chi connectivity index (χ0) is 12.4. The fraction of sp³-hybridized carbons (Fsp3) is 0.333. The number of benzene rings is 1. The largest absolute Gasteiger partial charge is 0.324 e. The van der Waals surface area contributed by atoms with Gasteiger partial charge in [0, 0.05) is 16.1 Å². The summed E-state index contributed by atoms with van der Waals surface area (Å²) in [6.07, 6.45) is 0. The van der Waals surface area contributed by atoms with Crippen molar-refractivity contribution in [3.63, 3.8) is 0 Å². The maximum Gasteiger partial charge on any atom is 0.164 e. The molecule has 1 aromatic carbocycles. The monoisotopic (exact) mass is 294 g/mol. The van der Waals surface area contributed by atoms with Crippen LogP contribution < -0.4 is 5.73 Å². The smallest absolute Gasteiger partial charge is 0.164 e. The quantitative estimate of drug-likeness (QED) is 0.947. The molecule has 0 aliphatic rings. The normalized spacial score (nSPS) is 11.1. The van der Waals surface area contributed by atoms with Crippen molar-refractivity contribution in [3.05, 3.63) is 34.6 Å². The molecule has 0 atom stereocenters. The van der Waals surface area contributed by atoms with Crippen LogP contribution in [-0.2, 0) is 6.54 Å². The average molecular weight is 295 g/mol. The highest BCUT2D eigenvalue weighted by atomic mass is 79.9. The molecule has 2 N–H and O–H groups in total. The molecule has 2 rings (SSSR count). The lowest BCUT2D eigenvalue weighted by molar-refractivity contribution is 0.574. The molecule has 0 saturated heterocycles. The molecule has 0 saturated carbocycles. The molecule has 0 fully saturated rings. The number of halogens is 1. The van der Waals surface area contributed by atoms with Gasteiger partial charge in [-0.2, -0.15) is 0 Å². The van der Waals surface area contributed by atoms with Crippen LogP contribution in [0.3, 0.4) is 0 Å². The number of rotatable bonds is 3. The number of hydrogen-bond acceptors (Lipinski definition) is 3. The Balaban J connectivity index is 2.51. The van der Waals surface area contributed by atoms with Gasteiger partial charge in [-0.3, -0.25) is 0 Å². The molecule has 0 radical (unpaired) electrons. The fourth-order valence-corrected chi connectivity index (χ4v) is 2.07. The Kier molecular flexibility index (Phi) is 3.59. The van der Waals surface area contributed by atoms with Crippen LogP contribution >= 0.6 is 15.9 Å². The van der Waals surface area contributed by atoms with Gasteiger partial charge in [0.15, 0.2) is 5.82 Å². The summed E-state index contributed by atoms with van der Waals surface area (Å²) in [5, 5.41) is 8.36. The Morgan fingerprint density at radius 1 is 1.24 bits per heavy atom. The van der Waals surface area contributed by atoms with Crippen LogP contribution in [0.15, 0.2) is 28.7 Å². The van der Waals surface area contributed by atoms with E-state index in [0.717, 1.165) is 21.7 Å². The van der Waals surface area contributed by atoms with Crippen molar-refractivity contribution in [1.29, 1.82) is 0 Å². The maximum atomic E-state index is 5.67. The van der Waals surface area contributed by atoms with E-state index in [-0.39, 0.29) is 0 Å². The van der Waals surface area contributed by atoms with Gasteiger partial charge in [0.25, 0.3) is 0 Å². The standard InChI is InChI=1S/C12H15BrN4/c1-8(2)17-11(7-14)15-16-12(17)9-3-5-10(13)6-4-9/h3-6,8H,7,14H2,1-2H3. The van der Waals surface area contributed by atoms with E-state index in [1.54, 1.807) is 0 Å². The molecule has 0 aliphatic heterocycles. The van der Waals surface area contributed by atoms with Crippen LogP contribution in [0.25, 0.3) is 11.4 Å². The van der Waals surface area contributed by atoms with Crippen LogP contribution in [0.4, 0.5) is 0 Å². The Morgan fingerprint density at radius 2 is 1.88 bits per heavy atom. The minimum atomic E-state index is 0.294. The van der Waals surface area contributed by atoms with Crippen LogP contribution in [0.1, 0.15) is 25.7 Å². The molecule has 2 aromatic rings. The first kappa shape index (κ1) is 12.3. The minimum absolute atomic E-state index is 0.294. The molecule has 90 valence electrons. The summed E-state index contributed by atoms with van der Waals surface area (Å²) in [6, 6.07) is 8.33. The van der Waals surface area contributed by atoms with Gasteiger partial charge in [0.05, 0.1) is 6.54 Å². The first-order valence-electron chi connectivity index (χ1n) is 5.53. The summed E-state index contributed by atoms with van der Waals surface area (Å²) in [6.45, 7) is 4.61. The molecule has 0 unspecified atom stereocenters. The number of aromatic nitrogens is 3. The van der Waals surface area contributed by atoms with E-state index < -0.39 is 0 Å². The topological polar surface area (TPSA) is 56.7 Å². The predicted octanol–water partition coefficient (Wildman–Crippen LogP) is 2.75. The molecule has 0 aliphatic carbocycles. The maximum absolute atomic E-state index is 5.67. The highest BCUT2D eigenvalue weighted by Crippen LogP contribution is 2.23. The molecule has 1 aromatic heterocycles. The first-order chi connectivity index (χ1) is 8.13. The summed E-state index contributed by atoms with van der Waals surface area (Å²) < 4.78 is 3.12. The third kappa shape index (κ3) is 2.40. The lowest BCUT2D eigenvalue weighted by Crippen LogP contribution is -2.11. The van der Waals surface area contributed by atoms with Gasteiger partial charge < -0.3 is 10.3 Å². The van der Waals surface area contributed by atoms with E-state index >= 15 is 0 Å². The second-order valence-corrected chi connectivity index (χ2v) is 5.03. The number of nitrogens with two attached hydrogens (primary N) is 1. The molecule has 0 bridgehead atoms. The van der Waals surface area contributed by atoms with Gasteiger partial charge in [-0.15, -0.1) is 10.2 Å². The van der Waals surface area contributed by atoms with E-state index in [9.17, 15) is 0 Å². The van der Waals surface area contributed by atoms with Crippen molar-refractivity contribution >= 4 is 15.9 Å². The Labute approximate surface area is 109 Å². The summed E-state index contributed by atoms with van der Waals surface area (Å²) in [5.74, 6) is 1.69. The van der Waals surface area contributed by atoms with Gasteiger partial charge in [-0.05, 0) is 26.0 Å². The minimum Gasteiger partial charge on any atom is -0.324 e. The molecule has 5 heteroatoms. The Bertz CT molecular complexity index is 502. The van der Waals surface area contributed by atoms with Gasteiger partial charge in [-0.1, -0.05) is 28.1 Å². The van der Waals surface area contributed by atoms with E-state index in [1.807, 2.05) is 24.3 Å². The van der Waals surface area contributed by atoms with E-state index in [2.05, 4.69) is 44.5 Å². The van der Waals surface area contributed by atoms with Crippen molar-refractivity contribution < 1.29 is 0 Å². The lowest BCUT2D eigenvalue weighted by atomic mass is 10.2. The summed E-state index contributed by atoms with van der Waals surface area (Å²) in [7, 11) is 0. The van der Waals surface area contributed by atoms with Crippen LogP contribution in [-0.4, -0.2) is 14.8 Å². The molecule has 1 heterocycles. The lowest BCUT2D eigenvalue weighted by Gasteiger charge is -2.13. The van der Waals surface area contributed by atoms with Crippen LogP contribution in [0, 0.1) is 0 Å². The molecular weight excluding hydrogens is 280 g/mol. The molecular formula is C12H15BrN4. The fourth-order valence-electron chi connectivity index (χ4n) is 1.80. The zero-order valence-corrected chi connectivity index (χ0v) is 11.5. The highest BCUT2D eigenvalue weighted by molar-refractivity contribution is 9.10. The van der Waals surface area contributed by atoms with Crippen LogP contribution in [0.2, 0.25) is 0 Å². The SMILES string of the molecule is CC(C)n1c(CN)nnc1-c1ccc(Br)cc1. The van der Waals surface area contributed by atoms with Gasteiger partial charge in [0.2, 0.25) is 0 Å². The van der Waals surface area contributed by atoms with Crippen molar-refractivity contribution in [1.82, 2.24) is 14.8 Å². The molecule has 0 amide bonds. The van der Waals surface area contributed by atoms with E-state index in [0.29, 0.717) is 12.6 Å². The summed E-state index contributed by atoms with van der Waals surface area (Å²) in [4.78, 5) is 0. The van der Waals surface area contributed by atoms with Crippen molar-refractivity contribution in [2.75, 3.05) is 0 Å². The number of nitrogens with zero attached hydrogens (tertiary/aromatic N) is 3. The molecule has 4 nitrogen and oxygen atoms in total. The highest BCUT2D eigenvalue weighted by Gasteiger charge is 2.14. The first-order valence-corrected chi connectivity index (χ1v) is 6.32. The van der Waals surface area contributed by atoms with Crippen molar-refractivity contribution in [2.45, 2.75) is 26.4 Å². The van der Waals surface area contributed by atoms with Gasteiger partial charge in [0.1, 0.15) is 5.82 Å². The second kappa shape index (κ2) is 4.98. The third-order valence-corrected chi connectivity index (χ3v) is 3.10. The zero-order valence-electron chi connectivity index (χ0n) is 9.89. The number of hydrogen-bond donors (Lipinski definition) is 1. The third-order valence-electron chi connectivity index (χ3n) is 2.57. The van der Waals surface area contributed by atoms with Crippen molar-refractivity contribution in [2.24, 2.45) is 5.73 Å². The molecule has 17 heavy (non-hydrogen) atoms. The Morgan fingerprint density at radius 3 is 2.41 bits per heavy atom. The van der Waals surface area contributed by atoms with Gasteiger partial charge in [-0.25, -0.2) is 0 Å². The van der Waals surface area contributed by atoms with Crippen molar-refractivity contribution in [3.8, 4) is 11.4 Å². The average Bonchev–Trinajstić information content (AvgIpc) is 2.73.